The molecule has 0 unspecified atom stereocenters. The molecular formula is C15H20O3. The van der Waals surface area contributed by atoms with Gasteiger partial charge in [-0.3, -0.25) is 0 Å². The molecule has 0 bridgehead atoms. The highest BCUT2D eigenvalue weighted by Gasteiger charge is 2.13. The number of hydrogen-bond donors (Lipinski definition) is 0. The standard InChI is InChI=1S/C15H20O3/c1-11-10-13(17-5)8-6-12(11)7-9-14(16)18-15(2,3)4/h6-10H,1-5H3. The largest absolute Gasteiger partial charge is 0.497 e. The van der Waals surface area contributed by atoms with Crippen LogP contribution >= 0.6 is 0 Å². The smallest absolute Gasteiger partial charge is 0.331 e. The van der Waals surface area contributed by atoms with Crippen molar-refractivity contribution in [2.75, 3.05) is 7.11 Å². The Morgan fingerprint density at radius 3 is 2.44 bits per heavy atom. The zero-order chi connectivity index (χ0) is 13.8. The quantitative estimate of drug-likeness (QED) is 0.608. The molecule has 0 aliphatic rings. The van der Waals surface area contributed by atoms with E-state index >= 15 is 0 Å². The van der Waals surface area contributed by atoms with Crippen LogP contribution in [0.2, 0.25) is 0 Å². The van der Waals surface area contributed by atoms with Crippen molar-refractivity contribution in [3.8, 4) is 5.75 Å². The fourth-order valence-corrected chi connectivity index (χ4v) is 1.46. The second kappa shape index (κ2) is 5.71. The predicted molar refractivity (Wildman–Crippen MR) is 72.6 cm³/mol. The van der Waals surface area contributed by atoms with Crippen molar-refractivity contribution in [1.29, 1.82) is 0 Å². The first-order valence-electron chi connectivity index (χ1n) is 5.87. The number of esters is 1. The Morgan fingerprint density at radius 1 is 1.28 bits per heavy atom. The summed E-state index contributed by atoms with van der Waals surface area (Å²) in [6, 6.07) is 5.70. The first-order valence-corrected chi connectivity index (χ1v) is 5.87. The topological polar surface area (TPSA) is 35.5 Å². The van der Waals surface area contributed by atoms with Crippen LogP contribution in [0.25, 0.3) is 6.08 Å². The molecule has 0 spiro atoms. The van der Waals surface area contributed by atoms with E-state index in [9.17, 15) is 4.79 Å². The minimum absolute atomic E-state index is 0.335. The fraction of sp³-hybridized carbons (Fsp3) is 0.400. The molecule has 3 heteroatoms. The van der Waals surface area contributed by atoms with E-state index in [1.54, 1.807) is 13.2 Å². The van der Waals surface area contributed by atoms with Crippen LogP contribution in [-0.2, 0) is 9.53 Å². The van der Waals surface area contributed by atoms with Gasteiger partial charge in [0.2, 0.25) is 0 Å². The molecule has 18 heavy (non-hydrogen) atoms. The fourth-order valence-electron chi connectivity index (χ4n) is 1.46. The molecule has 1 aromatic rings. The molecule has 0 N–H and O–H groups in total. The lowest BCUT2D eigenvalue weighted by Crippen LogP contribution is -2.22. The van der Waals surface area contributed by atoms with Crippen LogP contribution in [0, 0.1) is 6.92 Å². The van der Waals surface area contributed by atoms with E-state index < -0.39 is 5.60 Å². The van der Waals surface area contributed by atoms with Gasteiger partial charge in [-0.25, -0.2) is 4.79 Å². The third-order valence-electron chi connectivity index (χ3n) is 2.28. The van der Waals surface area contributed by atoms with E-state index in [1.165, 1.54) is 6.08 Å². The maximum Gasteiger partial charge on any atom is 0.331 e. The molecule has 0 saturated heterocycles. The maximum atomic E-state index is 11.5. The number of carbonyl (C=O) groups excluding carboxylic acids is 1. The summed E-state index contributed by atoms with van der Waals surface area (Å²) < 4.78 is 10.3. The molecular weight excluding hydrogens is 228 g/mol. The Hall–Kier alpha value is -1.77. The van der Waals surface area contributed by atoms with E-state index in [1.807, 2.05) is 45.9 Å². The molecule has 0 aliphatic heterocycles. The summed E-state index contributed by atoms with van der Waals surface area (Å²) in [5.41, 5.74) is 1.56. The number of hydrogen-bond acceptors (Lipinski definition) is 3. The normalized spacial score (nSPS) is 11.6. The first-order chi connectivity index (χ1) is 8.31. The highest BCUT2D eigenvalue weighted by Crippen LogP contribution is 2.18. The summed E-state index contributed by atoms with van der Waals surface area (Å²) >= 11 is 0. The lowest BCUT2D eigenvalue weighted by molar-refractivity contribution is -0.148. The Balaban J connectivity index is 2.76. The van der Waals surface area contributed by atoms with Gasteiger partial charge < -0.3 is 9.47 Å². The second-order valence-corrected chi connectivity index (χ2v) is 5.09. The minimum Gasteiger partial charge on any atom is -0.497 e. The maximum absolute atomic E-state index is 11.5. The van der Waals surface area contributed by atoms with Crippen molar-refractivity contribution in [2.45, 2.75) is 33.3 Å². The summed E-state index contributed by atoms with van der Waals surface area (Å²) in [7, 11) is 1.63. The molecule has 0 amide bonds. The van der Waals surface area contributed by atoms with Gasteiger partial charge in [0.05, 0.1) is 7.11 Å². The highest BCUT2D eigenvalue weighted by atomic mass is 16.6. The van der Waals surface area contributed by atoms with E-state index in [4.69, 9.17) is 9.47 Å². The molecule has 3 nitrogen and oxygen atoms in total. The van der Waals surface area contributed by atoms with Crippen LogP contribution in [0.4, 0.5) is 0 Å². The number of benzene rings is 1. The van der Waals surface area contributed by atoms with Gasteiger partial charge in [0.25, 0.3) is 0 Å². The Bertz CT molecular complexity index is 453. The summed E-state index contributed by atoms with van der Waals surface area (Å²) in [4.78, 5) is 11.5. The average molecular weight is 248 g/mol. The van der Waals surface area contributed by atoms with Crippen LogP contribution in [0.5, 0.6) is 5.75 Å². The van der Waals surface area contributed by atoms with Gasteiger partial charge in [0, 0.05) is 6.08 Å². The molecule has 0 aliphatic carbocycles. The van der Waals surface area contributed by atoms with Gasteiger partial charge in [0.1, 0.15) is 11.4 Å². The van der Waals surface area contributed by atoms with Gasteiger partial charge in [-0.15, -0.1) is 0 Å². The zero-order valence-corrected chi connectivity index (χ0v) is 11.6. The number of ether oxygens (including phenoxy) is 2. The molecule has 0 atom stereocenters. The average Bonchev–Trinajstić information content (AvgIpc) is 2.25. The monoisotopic (exact) mass is 248 g/mol. The lowest BCUT2D eigenvalue weighted by atomic mass is 10.1. The van der Waals surface area contributed by atoms with Crippen LogP contribution in [-0.4, -0.2) is 18.7 Å². The molecule has 1 aromatic carbocycles. The van der Waals surface area contributed by atoms with Gasteiger partial charge >= 0.3 is 5.97 Å². The lowest BCUT2D eigenvalue weighted by Gasteiger charge is -2.17. The second-order valence-electron chi connectivity index (χ2n) is 5.09. The first kappa shape index (κ1) is 14.3. The van der Waals surface area contributed by atoms with Crippen LogP contribution in [0.3, 0.4) is 0 Å². The van der Waals surface area contributed by atoms with Gasteiger partial charge in [-0.1, -0.05) is 6.07 Å². The molecule has 98 valence electrons. The van der Waals surface area contributed by atoms with Crippen LogP contribution < -0.4 is 4.74 Å². The van der Waals surface area contributed by atoms with Gasteiger partial charge in [-0.05, 0) is 57.0 Å². The molecule has 0 aromatic heterocycles. The summed E-state index contributed by atoms with van der Waals surface area (Å²) in [6.07, 6.45) is 3.20. The third-order valence-corrected chi connectivity index (χ3v) is 2.28. The summed E-state index contributed by atoms with van der Waals surface area (Å²) in [5, 5.41) is 0. The van der Waals surface area contributed by atoms with Crippen molar-refractivity contribution >= 4 is 12.0 Å². The van der Waals surface area contributed by atoms with E-state index in [-0.39, 0.29) is 5.97 Å². The number of methoxy groups -OCH3 is 1. The van der Waals surface area contributed by atoms with Gasteiger partial charge in [0.15, 0.2) is 0 Å². The third kappa shape index (κ3) is 4.62. The van der Waals surface area contributed by atoms with Crippen LogP contribution in [0.15, 0.2) is 24.3 Å². The number of carbonyl (C=O) groups is 1. The Morgan fingerprint density at radius 2 is 1.94 bits per heavy atom. The highest BCUT2D eigenvalue weighted by molar-refractivity contribution is 5.87. The van der Waals surface area contributed by atoms with Crippen molar-refractivity contribution in [3.63, 3.8) is 0 Å². The van der Waals surface area contributed by atoms with Crippen LogP contribution in [0.1, 0.15) is 31.9 Å². The van der Waals surface area contributed by atoms with Crippen molar-refractivity contribution in [2.24, 2.45) is 0 Å². The molecule has 0 fully saturated rings. The van der Waals surface area contributed by atoms with E-state index in [0.717, 1.165) is 16.9 Å². The van der Waals surface area contributed by atoms with Crippen molar-refractivity contribution in [1.82, 2.24) is 0 Å². The van der Waals surface area contributed by atoms with E-state index in [0.29, 0.717) is 0 Å². The number of aryl methyl sites for hydroxylation is 1. The van der Waals surface area contributed by atoms with Gasteiger partial charge in [-0.2, -0.15) is 0 Å². The molecule has 0 saturated carbocycles. The minimum atomic E-state index is -0.462. The predicted octanol–water partition coefficient (Wildman–Crippen LogP) is 3.36. The van der Waals surface area contributed by atoms with Crippen molar-refractivity contribution < 1.29 is 14.3 Å². The van der Waals surface area contributed by atoms with E-state index in [2.05, 4.69) is 0 Å². The molecule has 0 radical (unpaired) electrons. The summed E-state index contributed by atoms with van der Waals surface area (Å²) in [6.45, 7) is 7.50. The number of rotatable bonds is 3. The summed E-state index contributed by atoms with van der Waals surface area (Å²) in [5.74, 6) is 0.472. The Kier molecular flexibility index (Phi) is 4.54. The molecule has 1 rings (SSSR count). The Labute approximate surface area is 108 Å². The van der Waals surface area contributed by atoms with Crippen molar-refractivity contribution in [3.05, 3.63) is 35.4 Å². The zero-order valence-electron chi connectivity index (χ0n) is 11.6. The molecule has 0 heterocycles. The SMILES string of the molecule is COc1ccc(C=CC(=O)OC(C)(C)C)c(C)c1.